The highest BCUT2D eigenvalue weighted by Crippen LogP contribution is 2.29. The summed E-state index contributed by atoms with van der Waals surface area (Å²) in [5.74, 6) is 0.0979. The van der Waals surface area contributed by atoms with Crippen LogP contribution in [-0.2, 0) is 4.79 Å². The third-order valence-electron chi connectivity index (χ3n) is 2.50. The molecule has 0 bridgehead atoms. The lowest BCUT2D eigenvalue weighted by atomic mass is 10.4. The van der Waals surface area contributed by atoms with E-state index in [1.54, 1.807) is 0 Å². The number of nitrogens with zero attached hydrogens (tertiary/aromatic N) is 2. The van der Waals surface area contributed by atoms with Crippen molar-refractivity contribution in [1.82, 2.24) is 15.5 Å². The molecule has 1 fully saturated rings. The summed E-state index contributed by atoms with van der Waals surface area (Å²) >= 11 is 2.97. The van der Waals surface area contributed by atoms with E-state index in [2.05, 4.69) is 27.8 Å². The number of carbonyl (C=O) groups is 1. The minimum atomic E-state index is -0.113. The van der Waals surface area contributed by atoms with Crippen LogP contribution in [0.1, 0.15) is 33.1 Å². The summed E-state index contributed by atoms with van der Waals surface area (Å²) in [6.45, 7) is 4.91. The standard InChI is InChI=1S/C11H18N4OS2/c1-3-6-12-10-14-15-11(18-10)17-7(2)9(16)13-8-4-5-8/h7-8H,3-6H2,1-2H3,(H,12,14)(H,13,16)/t7-/m1/s1. The van der Waals surface area contributed by atoms with E-state index >= 15 is 0 Å². The van der Waals surface area contributed by atoms with Gasteiger partial charge in [0.05, 0.1) is 5.25 Å². The molecule has 1 aromatic heterocycles. The molecule has 1 aliphatic carbocycles. The quantitative estimate of drug-likeness (QED) is 0.752. The fourth-order valence-corrected chi connectivity index (χ4v) is 3.24. The topological polar surface area (TPSA) is 66.9 Å². The molecule has 0 unspecified atom stereocenters. The van der Waals surface area contributed by atoms with Crippen molar-refractivity contribution in [1.29, 1.82) is 0 Å². The molecular weight excluding hydrogens is 268 g/mol. The summed E-state index contributed by atoms with van der Waals surface area (Å²) in [6.07, 6.45) is 3.29. The molecule has 0 aliphatic heterocycles. The minimum absolute atomic E-state index is 0.0979. The number of hydrogen-bond donors (Lipinski definition) is 2. The van der Waals surface area contributed by atoms with E-state index in [-0.39, 0.29) is 11.2 Å². The average Bonchev–Trinajstić information content (AvgIpc) is 3.05. The summed E-state index contributed by atoms with van der Waals surface area (Å²) in [6, 6.07) is 0.414. The fourth-order valence-electron chi connectivity index (χ4n) is 1.31. The van der Waals surface area contributed by atoms with Crippen LogP contribution in [0.15, 0.2) is 4.34 Å². The maximum absolute atomic E-state index is 11.8. The lowest BCUT2D eigenvalue weighted by Crippen LogP contribution is -2.32. The first-order valence-corrected chi connectivity index (χ1v) is 7.93. The molecule has 1 aliphatic rings. The van der Waals surface area contributed by atoms with Gasteiger partial charge in [0.1, 0.15) is 0 Å². The summed E-state index contributed by atoms with van der Waals surface area (Å²) < 4.78 is 0.840. The van der Waals surface area contributed by atoms with Crippen molar-refractivity contribution in [3.63, 3.8) is 0 Å². The van der Waals surface area contributed by atoms with E-state index < -0.39 is 0 Å². The summed E-state index contributed by atoms with van der Waals surface area (Å²) in [5, 5.41) is 15.0. The highest BCUT2D eigenvalue weighted by molar-refractivity contribution is 8.02. The summed E-state index contributed by atoms with van der Waals surface area (Å²) in [5.41, 5.74) is 0. The molecule has 5 nitrogen and oxygen atoms in total. The predicted molar refractivity (Wildman–Crippen MR) is 75.2 cm³/mol. The van der Waals surface area contributed by atoms with E-state index in [0.717, 1.165) is 35.3 Å². The van der Waals surface area contributed by atoms with Crippen LogP contribution in [0.25, 0.3) is 0 Å². The van der Waals surface area contributed by atoms with Crippen molar-refractivity contribution >= 4 is 34.1 Å². The second-order valence-corrected chi connectivity index (χ2v) is 6.91. The van der Waals surface area contributed by atoms with Crippen molar-refractivity contribution in [3.05, 3.63) is 0 Å². The molecule has 2 N–H and O–H groups in total. The van der Waals surface area contributed by atoms with Crippen molar-refractivity contribution < 1.29 is 4.79 Å². The Labute approximate surface area is 115 Å². The van der Waals surface area contributed by atoms with Crippen LogP contribution in [-0.4, -0.2) is 33.9 Å². The van der Waals surface area contributed by atoms with Gasteiger partial charge in [-0.25, -0.2) is 0 Å². The molecule has 1 atom stereocenters. The number of anilines is 1. The van der Waals surface area contributed by atoms with Gasteiger partial charge < -0.3 is 10.6 Å². The van der Waals surface area contributed by atoms with E-state index in [1.165, 1.54) is 23.1 Å². The monoisotopic (exact) mass is 286 g/mol. The van der Waals surface area contributed by atoms with Crippen molar-refractivity contribution in [2.45, 2.75) is 48.7 Å². The molecular formula is C11H18N4OS2. The van der Waals surface area contributed by atoms with Gasteiger partial charge in [-0.3, -0.25) is 4.79 Å². The molecule has 100 valence electrons. The van der Waals surface area contributed by atoms with Gasteiger partial charge in [0.25, 0.3) is 0 Å². The first-order valence-electron chi connectivity index (χ1n) is 6.23. The van der Waals surface area contributed by atoms with Crippen molar-refractivity contribution in [2.75, 3.05) is 11.9 Å². The molecule has 0 spiro atoms. The Morgan fingerprint density at radius 1 is 1.56 bits per heavy atom. The Morgan fingerprint density at radius 2 is 2.33 bits per heavy atom. The summed E-state index contributed by atoms with van der Waals surface area (Å²) in [7, 11) is 0. The first-order chi connectivity index (χ1) is 8.69. The largest absolute Gasteiger partial charge is 0.360 e. The normalized spacial score (nSPS) is 16.3. The van der Waals surface area contributed by atoms with Crippen molar-refractivity contribution in [3.8, 4) is 0 Å². The van der Waals surface area contributed by atoms with Crippen molar-refractivity contribution in [2.24, 2.45) is 0 Å². The molecule has 1 aromatic rings. The zero-order valence-electron chi connectivity index (χ0n) is 10.6. The predicted octanol–water partition coefficient (Wildman–Crippen LogP) is 2.12. The highest BCUT2D eigenvalue weighted by atomic mass is 32.2. The number of amides is 1. The fraction of sp³-hybridized carbons (Fsp3) is 0.727. The lowest BCUT2D eigenvalue weighted by Gasteiger charge is -2.08. The third kappa shape index (κ3) is 4.13. The molecule has 1 amide bonds. The smallest absolute Gasteiger partial charge is 0.233 e. The number of nitrogens with one attached hydrogen (secondary N) is 2. The molecule has 7 heteroatoms. The first kappa shape index (κ1) is 13.6. The van der Waals surface area contributed by atoms with Gasteiger partial charge >= 0.3 is 0 Å². The lowest BCUT2D eigenvalue weighted by molar-refractivity contribution is -0.120. The van der Waals surface area contributed by atoms with Crippen LogP contribution in [0.3, 0.4) is 0 Å². The minimum Gasteiger partial charge on any atom is -0.360 e. The van der Waals surface area contributed by atoms with E-state index in [1.807, 2.05) is 6.92 Å². The number of thioether (sulfide) groups is 1. The van der Waals surface area contributed by atoms with Crippen LogP contribution < -0.4 is 10.6 Å². The van der Waals surface area contributed by atoms with Gasteiger partial charge in [-0.05, 0) is 26.2 Å². The Kier molecular flexibility index (Phi) is 4.82. The van der Waals surface area contributed by atoms with Crippen LogP contribution in [0.4, 0.5) is 5.13 Å². The highest BCUT2D eigenvalue weighted by Gasteiger charge is 2.26. The average molecular weight is 286 g/mol. The van der Waals surface area contributed by atoms with Gasteiger partial charge in [0, 0.05) is 12.6 Å². The molecule has 0 aromatic carbocycles. The van der Waals surface area contributed by atoms with Gasteiger partial charge in [-0.2, -0.15) is 0 Å². The Bertz CT molecular complexity index is 406. The zero-order valence-corrected chi connectivity index (χ0v) is 12.2. The molecule has 1 heterocycles. The number of carbonyl (C=O) groups excluding carboxylic acids is 1. The van der Waals surface area contributed by atoms with Gasteiger partial charge in [0.2, 0.25) is 11.0 Å². The Balaban J connectivity index is 1.80. The zero-order chi connectivity index (χ0) is 13.0. The second-order valence-electron chi connectivity index (χ2n) is 4.34. The van der Waals surface area contributed by atoms with Gasteiger partial charge in [0.15, 0.2) is 4.34 Å². The second kappa shape index (κ2) is 6.38. The molecule has 0 saturated heterocycles. The molecule has 2 rings (SSSR count). The third-order valence-corrected chi connectivity index (χ3v) is 4.57. The van der Waals surface area contributed by atoms with Crippen LogP contribution in [0.5, 0.6) is 0 Å². The molecule has 0 radical (unpaired) electrons. The number of hydrogen-bond acceptors (Lipinski definition) is 6. The van der Waals surface area contributed by atoms with Gasteiger partial charge in [-0.15, -0.1) is 10.2 Å². The maximum Gasteiger partial charge on any atom is 0.233 e. The Morgan fingerprint density at radius 3 is 3.00 bits per heavy atom. The van der Waals surface area contributed by atoms with Crippen LogP contribution in [0.2, 0.25) is 0 Å². The Hall–Kier alpha value is -0.820. The van der Waals surface area contributed by atoms with Crippen LogP contribution in [0, 0.1) is 0 Å². The summed E-state index contributed by atoms with van der Waals surface area (Å²) in [4.78, 5) is 11.8. The van der Waals surface area contributed by atoms with E-state index in [4.69, 9.17) is 0 Å². The van der Waals surface area contributed by atoms with Crippen LogP contribution >= 0.6 is 23.1 Å². The number of rotatable bonds is 7. The maximum atomic E-state index is 11.8. The number of aromatic nitrogens is 2. The van der Waals surface area contributed by atoms with Gasteiger partial charge in [-0.1, -0.05) is 30.0 Å². The van der Waals surface area contributed by atoms with E-state index in [0.29, 0.717) is 6.04 Å². The van der Waals surface area contributed by atoms with E-state index in [9.17, 15) is 4.79 Å². The molecule has 1 saturated carbocycles. The molecule has 18 heavy (non-hydrogen) atoms. The SMILES string of the molecule is CCCNc1nnc(S[C@H](C)C(=O)NC2CC2)s1.